The Morgan fingerprint density at radius 1 is 1.12 bits per heavy atom. The molecule has 2 heterocycles. The van der Waals surface area contributed by atoms with Crippen LogP contribution in [0.2, 0.25) is 0 Å². The molecule has 0 unspecified atom stereocenters. The molecule has 0 radical (unpaired) electrons. The predicted octanol–water partition coefficient (Wildman–Crippen LogP) is 1.75. The lowest BCUT2D eigenvalue weighted by atomic mass is 10.2. The largest absolute Gasteiger partial charge is 0.358 e. The van der Waals surface area contributed by atoms with Gasteiger partial charge in [-0.2, -0.15) is 4.31 Å². The van der Waals surface area contributed by atoms with Gasteiger partial charge in [-0.05, 0) is 48.8 Å². The Hall–Kier alpha value is -2.10. The van der Waals surface area contributed by atoms with Gasteiger partial charge in [0.25, 0.3) is 0 Å². The maximum atomic E-state index is 12.5. The van der Waals surface area contributed by atoms with Gasteiger partial charge >= 0.3 is 0 Å². The van der Waals surface area contributed by atoms with Gasteiger partial charge in [0, 0.05) is 32.0 Å². The summed E-state index contributed by atoms with van der Waals surface area (Å²) in [6, 6.07) is 8.58. The van der Waals surface area contributed by atoms with Gasteiger partial charge in [0.2, 0.25) is 16.0 Å². The molecule has 0 spiro atoms. The average molecular weight is 377 g/mol. The van der Waals surface area contributed by atoms with Crippen LogP contribution in [0.15, 0.2) is 47.6 Å². The van der Waals surface area contributed by atoms with Crippen molar-refractivity contribution in [2.75, 3.05) is 18.4 Å². The van der Waals surface area contributed by atoms with Crippen molar-refractivity contribution in [3.63, 3.8) is 0 Å². The molecule has 1 saturated heterocycles. The summed E-state index contributed by atoms with van der Waals surface area (Å²) in [6.07, 6.45) is 5.10. The van der Waals surface area contributed by atoms with E-state index in [0.717, 1.165) is 18.4 Å². The van der Waals surface area contributed by atoms with Gasteiger partial charge in [-0.3, -0.25) is 0 Å². The van der Waals surface area contributed by atoms with Gasteiger partial charge in [-0.25, -0.2) is 18.4 Å². The zero-order valence-corrected chi connectivity index (χ0v) is 15.2. The number of hydrogen-bond donors (Lipinski definition) is 2. The van der Waals surface area contributed by atoms with Gasteiger partial charge in [-0.15, -0.1) is 0 Å². The number of sulfonamides is 1. The molecule has 0 atom stereocenters. The number of aromatic nitrogens is 2. The van der Waals surface area contributed by atoms with Crippen molar-refractivity contribution in [2.45, 2.75) is 24.3 Å². The molecule has 25 heavy (non-hydrogen) atoms. The minimum atomic E-state index is -3.37. The first-order valence-corrected chi connectivity index (χ1v) is 9.81. The second-order valence-corrected chi connectivity index (χ2v) is 7.98. The number of thiocarbonyl (C=S) groups is 1. The summed E-state index contributed by atoms with van der Waals surface area (Å²) in [5.41, 5.74) is 0.929. The average Bonchev–Trinajstić information content (AvgIpc) is 3.17. The summed E-state index contributed by atoms with van der Waals surface area (Å²) < 4.78 is 26.5. The number of nitrogens with zero attached hydrogens (tertiary/aromatic N) is 3. The molecular formula is C16H19N5O2S2. The van der Waals surface area contributed by atoms with E-state index in [1.165, 1.54) is 0 Å². The topological polar surface area (TPSA) is 87.2 Å². The van der Waals surface area contributed by atoms with Crippen LogP contribution in [0.5, 0.6) is 0 Å². The van der Waals surface area contributed by atoms with Crippen molar-refractivity contribution in [3.8, 4) is 0 Å². The number of nitrogens with one attached hydrogen (secondary N) is 2. The molecule has 1 aliphatic heterocycles. The summed E-state index contributed by atoms with van der Waals surface area (Å²) >= 11 is 5.19. The summed E-state index contributed by atoms with van der Waals surface area (Å²) in [6.45, 7) is 1.68. The van der Waals surface area contributed by atoms with Crippen LogP contribution in [0.3, 0.4) is 0 Å². The molecular weight excluding hydrogens is 358 g/mol. The van der Waals surface area contributed by atoms with Gasteiger partial charge in [0.1, 0.15) is 0 Å². The van der Waals surface area contributed by atoms with Crippen LogP contribution in [0.4, 0.5) is 5.95 Å². The molecule has 0 aliphatic carbocycles. The summed E-state index contributed by atoms with van der Waals surface area (Å²) in [5, 5.41) is 6.32. The van der Waals surface area contributed by atoms with Crippen molar-refractivity contribution < 1.29 is 8.42 Å². The fraction of sp³-hybridized carbons (Fsp3) is 0.312. The Kier molecular flexibility index (Phi) is 5.57. The van der Waals surface area contributed by atoms with E-state index in [2.05, 4.69) is 20.6 Å². The number of rotatable bonds is 5. The van der Waals surface area contributed by atoms with E-state index >= 15 is 0 Å². The van der Waals surface area contributed by atoms with Crippen molar-refractivity contribution >= 4 is 33.3 Å². The standard InChI is InChI=1S/C16H19N5O2S2/c22-25(23,21-10-1-2-11-21)14-6-4-13(5-7-14)12-19-16(24)20-15-17-8-3-9-18-15/h3-9H,1-2,10-12H2,(H2,17,18,19,20,24). The van der Waals surface area contributed by atoms with Gasteiger partial charge in [0.05, 0.1) is 4.90 Å². The molecule has 1 fully saturated rings. The Morgan fingerprint density at radius 3 is 2.40 bits per heavy atom. The highest BCUT2D eigenvalue weighted by molar-refractivity contribution is 7.89. The molecule has 1 aliphatic rings. The third kappa shape index (κ3) is 4.50. The molecule has 0 amide bonds. The van der Waals surface area contributed by atoms with Crippen molar-refractivity contribution in [1.82, 2.24) is 19.6 Å². The second-order valence-electron chi connectivity index (χ2n) is 5.64. The van der Waals surface area contributed by atoms with Gasteiger partial charge in [-0.1, -0.05) is 12.1 Å². The number of anilines is 1. The zero-order chi connectivity index (χ0) is 17.7. The molecule has 0 saturated carbocycles. The molecule has 1 aromatic carbocycles. The van der Waals surface area contributed by atoms with Crippen LogP contribution < -0.4 is 10.6 Å². The fourth-order valence-corrected chi connectivity index (χ4v) is 4.23. The van der Waals surface area contributed by atoms with Crippen LogP contribution in [0, 0.1) is 0 Å². The molecule has 7 nitrogen and oxygen atoms in total. The fourth-order valence-electron chi connectivity index (χ4n) is 2.55. The second kappa shape index (κ2) is 7.85. The SMILES string of the molecule is O=S(=O)(c1ccc(CNC(=S)Nc2ncccn2)cc1)N1CCCC1. The number of benzene rings is 1. The maximum absolute atomic E-state index is 12.5. The van der Waals surface area contributed by atoms with E-state index in [-0.39, 0.29) is 0 Å². The van der Waals surface area contributed by atoms with E-state index in [1.54, 1.807) is 47.0 Å². The molecule has 3 rings (SSSR count). The highest BCUT2D eigenvalue weighted by atomic mass is 32.2. The lowest BCUT2D eigenvalue weighted by Crippen LogP contribution is -2.29. The van der Waals surface area contributed by atoms with Crippen molar-refractivity contribution in [1.29, 1.82) is 0 Å². The molecule has 132 valence electrons. The molecule has 2 aromatic rings. The molecule has 0 bridgehead atoms. The highest BCUT2D eigenvalue weighted by Gasteiger charge is 2.26. The summed E-state index contributed by atoms with van der Waals surface area (Å²) in [4.78, 5) is 8.39. The molecule has 9 heteroatoms. The van der Waals surface area contributed by atoms with E-state index in [9.17, 15) is 8.42 Å². The number of hydrogen-bond acceptors (Lipinski definition) is 5. The first-order chi connectivity index (χ1) is 12.1. The van der Waals surface area contributed by atoms with E-state index in [0.29, 0.717) is 35.6 Å². The maximum Gasteiger partial charge on any atom is 0.243 e. The van der Waals surface area contributed by atoms with Gasteiger partial charge < -0.3 is 10.6 Å². The summed E-state index contributed by atoms with van der Waals surface area (Å²) in [7, 11) is -3.37. The predicted molar refractivity (Wildman–Crippen MR) is 99.5 cm³/mol. The van der Waals surface area contributed by atoms with Crippen molar-refractivity contribution in [2.24, 2.45) is 0 Å². The monoisotopic (exact) mass is 377 g/mol. The third-order valence-corrected chi connectivity index (χ3v) is 6.03. The lowest BCUT2D eigenvalue weighted by Gasteiger charge is -2.15. The van der Waals surface area contributed by atoms with E-state index in [1.807, 2.05) is 0 Å². The van der Waals surface area contributed by atoms with Crippen LogP contribution in [-0.2, 0) is 16.6 Å². The minimum absolute atomic E-state index is 0.330. The van der Waals surface area contributed by atoms with E-state index in [4.69, 9.17) is 12.2 Å². The normalized spacial score (nSPS) is 15.0. The smallest absolute Gasteiger partial charge is 0.243 e. The van der Waals surface area contributed by atoms with Gasteiger partial charge in [0.15, 0.2) is 5.11 Å². The summed E-state index contributed by atoms with van der Waals surface area (Å²) in [5.74, 6) is 0.423. The Balaban J connectivity index is 1.56. The Morgan fingerprint density at radius 2 is 1.76 bits per heavy atom. The first kappa shape index (κ1) is 17.7. The highest BCUT2D eigenvalue weighted by Crippen LogP contribution is 2.21. The Labute approximate surface area is 152 Å². The van der Waals surface area contributed by atoms with Crippen LogP contribution in [0.1, 0.15) is 18.4 Å². The van der Waals surface area contributed by atoms with Crippen LogP contribution in [-0.4, -0.2) is 40.9 Å². The van der Waals surface area contributed by atoms with Crippen molar-refractivity contribution in [3.05, 3.63) is 48.3 Å². The molecule has 1 aromatic heterocycles. The minimum Gasteiger partial charge on any atom is -0.358 e. The third-order valence-electron chi connectivity index (χ3n) is 3.87. The Bertz CT molecular complexity index is 819. The van der Waals surface area contributed by atoms with Crippen LogP contribution in [0.25, 0.3) is 0 Å². The quantitative estimate of drug-likeness (QED) is 0.768. The van der Waals surface area contributed by atoms with Crippen LogP contribution >= 0.6 is 12.2 Å². The first-order valence-electron chi connectivity index (χ1n) is 7.97. The molecule has 2 N–H and O–H groups in total. The lowest BCUT2D eigenvalue weighted by molar-refractivity contribution is 0.477. The van der Waals surface area contributed by atoms with E-state index < -0.39 is 10.0 Å². The zero-order valence-electron chi connectivity index (χ0n) is 13.6.